The Balaban J connectivity index is 2.28. The summed E-state index contributed by atoms with van der Waals surface area (Å²) in [6, 6.07) is 0. The predicted molar refractivity (Wildman–Crippen MR) is 68.5 cm³/mol. The van der Waals surface area contributed by atoms with Gasteiger partial charge in [-0.1, -0.05) is 39.5 Å². The van der Waals surface area contributed by atoms with E-state index in [-0.39, 0.29) is 0 Å². The summed E-state index contributed by atoms with van der Waals surface area (Å²) in [5, 5.41) is 0. The molecule has 1 aromatic heterocycles. The van der Waals surface area contributed by atoms with Gasteiger partial charge >= 0.3 is 0 Å². The van der Waals surface area contributed by atoms with Crippen molar-refractivity contribution in [1.82, 2.24) is 9.97 Å². The molecule has 0 unspecified atom stereocenters. The Kier molecular flexibility index (Phi) is 3.97. The summed E-state index contributed by atoms with van der Waals surface area (Å²) in [6.07, 6.45) is 8.60. The predicted octanol–water partition coefficient (Wildman–Crippen LogP) is 3.78. The molecule has 3 nitrogen and oxygen atoms in total. The number of nitrogens with one attached hydrogen (secondary N) is 1. The van der Waals surface area contributed by atoms with Crippen molar-refractivity contribution in [2.24, 2.45) is 0 Å². The summed E-state index contributed by atoms with van der Waals surface area (Å²) in [5.74, 6) is 1.46. The highest BCUT2D eigenvalue weighted by molar-refractivity contribution is 5.69. The SMILES string of the molecule is CC(C)c1nc(C=O)[nH]c1C1CCCCCC1. The van der Waals surface area contributed by atoms with Crippen LogP contribution < -0.4 is 0 Å². The molecule has 3 heteroatoms. The van der Waals surface area contributed by atoms with E-state index in [0.717, 1.165) is 12.0 Å². The zero-order valence-corrected chi connectivity index (χ0v) is 10.8. The maximum absolute atomic E-state index is 10.9. The lowest BCUT2D eigenvalue weighted by atomic mass is 9.92. The van der Waals surface area contributed by atoms with Crippen LogP contribution in [0.2, 0.25) is 0 Å². The Morgan fingerprint density at radius 3 is 2.41 bits per heavy atom. The molecular weight excluding hydrogens is 212 g/mol. The van der Waals surface area contributed by atoms with Gasteiger partial charge in [-0.05, 0) is 18.8 Å². The Hall–Kier alpha value is -1.12. The third-order valence-corrected chi connectivity index (χ3v) is 3.70. The molecule has 0 atom stereocenters. The van der Waals surface area contributed by atoms with Gasteiger partial charge in [0.15, 0.2) is 12.1 Å². The highest BCUT2D eigenvalue weighted by Crippen LogP contribution is 2.34. The maximum atomic E-state index is 10.9. The number of hydrogen-bond donors (Lipinski definition) is 1. The number of imidazole rings is 1. The van der Waals surface area contributed by atoms with Crippen LogP contribution in [0, 0.1) is 0 Å². The Labute approximate surface area is 103 Å². The molecule has 1 N–H and O–H groups in total. The van der Waals surface area contributed by atoms with E-state index in [0.29, 0.717) is 17.7 Å². The van der Waals surface area contributed by atoms with E-state index in [1.165, 1.54) is 44.2 Å². The Morgan fingerprint density at radius 1 is 1.24 bits per heavy atom. The van der Waals surface area contributed by atoms with Crippen LogP contribution >= 0.6 is 0 Å². The van der Waals surface area contributed by atoms with E-state index in [1.54, 1.807) is 0 Å². The van der Waals surface area contributed by atoms with Gasteiger partial charge < -0.3 is 4.98 Å². The van der Waals surface area contributed by atoms with E-state index in [4.69, 9.17) is 0 Å². The van der Waals surface area contributed by atoms with Gasteiger partial charge in [-0.25, -0.2) is 4.98 Å². The highest BCUT2D eigenvalue weighted by atomic mass is 16.1. The van der Waals surface area contributed by atoms with Crippen LogP contribution in [0.1, 0.15) is 86.2 Å². The van der Waals surface area contributed by atoms with Gasteiger partial charge in [0.25, 0.3) is 0 Å². The molecule has 1 heterocycles. The van der Waals surface area contributed by atoms with Crippen LogP contribution in [-0.2, 0) is 0 Å². The van der Waals surface area contributed by atoms with Gasteiger partial charge in [0.2, 0.25) is 0 Å². The highest BCUT2D eigenvalue weighted by Gasteiger charge is 2.22. The number of aromatic nitrogens is 2. The lowest BCUT2D eigenvalue weighted by molar-refractivity contribution is 0.111. The normalized spacial score (nSPS) is 18.3. The molecule has 1 aromatic rings. The maximum Gasteiger partial charge on any atom is 0.185 e. The first-order valence-electron chi connectivity index (χ1n) is 6.77. The molecular formula is C14H22N2O. The van der Waals surface area contributed by atoms with Gasteiger partial charge in [-0.2, -0.15) is 0 Å². The van der Waals surface area contributed by atoms with E-state index in [2.05, 4.69) is 23.8 Å². The number of carbonyl (C=O) groups is 1. The lowest BCUT2D eigenvalue weighted by Crippen LogP contribution is -2.03. The summed E-state index contributed by atoms with van der Waals surface area (Å²) in [5.41, 5.74) is 2.32. The molecule has 1 saturated carbocycles. The van der Waals surface area contributed by atoms with E-state index in [1.807, 2.05) is 0 Å². The molecule has 17 heavy (non-hydrogen) atoms. The molecule has 1 aliphatic rings. The van der Waals surface area contributed by atoms with Crippen molar-refractivity contribution in [3.8, 4) is 0 Å². The minimum absolute atomic E-state index is 0.387. The number of nitrogens with zero attached hydrogens (tertiary/aromatic N) is 1. The van der Waals surface area contributed by atoms with Crippen molar-refractivity contribution in [2.75, 3.05) is 0 Å². The Bertz CT molecular complexity index is 374. The minimum atomic E-state index is 0.387. The van der Waals surface area contributed by atoms with Crippen molar-refractivity contribution in [3.63, 3.8) is 0 Å². The van der Waals surface area contributed by atoms with Crippen LogP contribution in [0.15, 0.2) is 0 Å². The number of aldehydes is 1. The van der Waals surface area contributed by atoms with Gasteiger partial charge in [-0.3, -0.25) is 4.79 Å². The van der Waals surface area contributed by atoms with Gasteiger partial charge in [0, 0.05) is 11.6 Å². The third-order valence-electron chi connectivity index (χ3n) is 3.70. The number of H-pyrrole nitrogens is 1. The first-order chi connectivity index (χ1) is 8.22. The molecule has 2 rings (SSSR count). The average Bonchev–Trinajstić information content (AvgIpc) is 2.57. The van der Waals surface area contributed by atoms with Crippen LogP contribution in [0.5, 0.6) is 0 Å². The minimum Gasteiger partial charge on any atom is -0.339 e. The van der Waals surface area contributed by atoms with Crippen LogP contribution in [-0.4, -0.2) is 16.3 Å². The van der Waals surface area contributed by atoms with Crippen LogP contribution in [0.3, 0.4) is 0 Å². The van der Waals surface area contributed by atoms with E-state index >= 15 is 0 Å². The lowest BCUT2D eigenvalue weighted by Gasteiger charge is -2.15. The quantitative estimate of drug-likeness (QED) is 0.639. The Morgan fingerprint density at radius 2 is 1.88 bits per heavy atom. The largest absolute Gasteiger partial charge is 0.339 e. The summed E-state index contributed by atoms with van der Waals surface area (Å²) >= 11 is 0. The fourth-order valence-electron chi connectivity index (χ4n) is 2.80. The molecule has 0 bridgehead atoms. The zero-order chi connectivity index (χ0) is 12.3. The molecule has 0 aromatic carbocycles. The summed E-state index contributed by atoms with van der Waals surface area (Å²) in [4.78, 5) is 18.5. The standard InChI is InChI=1S/C14H22N2O/c1-10(2)13-14(16-12(9-17)15-13)11-7-5-3-4-6-8-11/h9-11H,3-8H2,1-2H3,(H,15,16). The second-order valence-corrected chi connectivity index (χ2v) is 5.38. The van der Waals surface area contributed by atoms with Crippen molar-refractivity contribution in [1.29, 1.82) is 0 Å². The molecule has 94 valence electrons. The second-order valence-electron chi connectivity index (χ2n) is 5.38. The smallest absolute Gasteiger partial charge is 0.185 e. The fraction of sp³-hybridized carbons (Fsp3) is 0.714. The average molecular weight is 234 g/mol. The number of aromatic amines is 1. The number of rotatable bonds is 3. The van der Waals surface area contributed by atoms with Crippen molar-refractivity contribution < 1.29 is 4.79 Å². The first-order valence-corrected chi connectivity index (χ1v) is 6.77. The molecule has 0 spiro atoms. The van der Waals surface area contributed by atoms with Crippen molar-refractivity contribution in [3.05, 3.63) is 17.2 Å². The molecule has 0 radical (unpaired) electrons. The van der Waals surface area contributed by atoms with Crippen molar-refractivity contribution >= 4 is 6.29 Å². The molecule has 0 saturated heterocycles. The molecule has 1 fully saturated rings. The monoisotopic (exact) mass is 234 g/mol. The molecule has 0 aliphatic heterocycles. The van der Waals surface area contributed by atoms with Crippen LogP contribution in [0.4, 0.5) is 0 Å². The number of hydrogen-bond acceptors (Lipinski definition) is 2. The fourth-order valence-corrected chi connectivity index (χ4v) is 2.80. The van der Waals surface area contributed by atoms with Gasteiger partial charge in [-0.15, -0.1) is 0 Å². The van der Waals surface area contributed by atoms with Crippen molar-refractivity contribution in [2.45, 2.75) is 64.2 Å². The summed E-state index contributed by atoms with van der Waals surface area (Å²) in [7, 11) is 0. The molecule has 0 amide bonds. The topological polar surface area (TPSA) is 45.8 Å². The molecule has 1 aliphatic carbocycles. The number of carbonyl (C=O) groups excluding carboxylic acids is 1. The summed E-state index contributed by atoms with van der Waals surface area (Å²) in [6.45, 7) is 4.29. The van der Waals surface area contributed by atoms with E-state index < -0.39 is 0 Å². The van der Waals surface area contributed by atoms with Gasteiger partial charge in [0.05, 0.1) is 5.69 Å². The zero-order valence-electron chi connectivity index (χ0n) is 10.8. The summed E-state index contributed by atoms with van der Waals surface area (Å²) < 4.78 is 0. The third kappa shape index (κ3) is 2.76. The first kappa shape index (κ1) is 12.3. The van der Waals surface area contributed by atoms with E-state index in [9.17, 15) is 4.79 Å². The second kappa shape index (κ2) is 5.48. The van der Waals surface area contributed by atoms with Gasteiger partial charge in [0.1, 0.15) is 0 Å². The van der Waals surface area contributed by atoms with Crippen LogP contribution in [0.25, 0.3) is 0 Å².